The van der Waals surface area contributed by atoms with E-state index in [0.29, 0.717) is 11.1 Å². The summed E-state index contributed by atoms with van der Waals surface area (Å²) in [5, 5.41) is 9.14. The van der Waals surface area contributed by atoms with Gasteiger partial charge in [-0.2, -0.15) is 0 Å². The number of aromatic carboxylic acids is 1. The lowest BCUT2D eigenvalue weighted by Gasteiger charge is -2.02. The zero-order chi connectivity index (χ0) is 11.7. The van der Waals surface area contributed by atoms with Crippen LogP contribution in [0.5, 0.6) is 0 Å². The van der Waals surface area contributed by atoms with Crippen LogP contribution >= 0.6 is 0 Å². The van der Waals surface area contributed by atoms with Crippen LogP contribution in [0.4, 0.5) is 0 Å². The Hall–Kier alpha value is -2.36. The highest BCUT2D eigenvalue weighted by Gasteiger charge is 2.10. The molecule has 0 aliphatic carbocycles. The second-order valence-corrected chi connectivity index (χ2v) is 3.24. The molecule has 0 aliphatic rings. The van der Waals surface area contributed by atoms with Gasteiger partial charge in [-0.15, -0.1) is 0 Å². The first-order valence-electron chi connectivity index (χ1n) is 4.55. The smallest absolute Gasteiger partial charge is 0.335 e. The molecule has 0 bridgehead atoms. The Balaban J connectivity index is 2.95. The van der Waals surface area contributed by atoms with E-state index in [0.717, 1.165) is 0 Å². The van der Waals surface area contributed by atoms with E-state index < -0.39 is 5.97 Å². The molecule has 80 valence electrons. The van der Waals surface area contributed by atoms with Gasteiger partial charge in [0.2, 0.25) is 0 Å². The Bertz CT molecular complexity index is 637. The Morgan fingerprint density at radius 2 is 2.19 bits per heavy atom. The predicted octanol–water partition coefficient (Wildman–Crippen LogP) is 2.13. The van der Waals surface area contributed by atoms with Gasteiger partial charge in [0.15, 0.2) is 5.43 Å². The quantitative estimate of drug-likeness (QED) is 0.834. The predicted molar refractivity (Wildman–Crippen MR) is 59.5 cm³/mol. The summed E-state index contributed by atoms with van der Waals surface area (Å²) in [6.45, 7) is 3.56. The summed E-state index contributed by atoms with van der Waals surface area (Å²) < 4.78 is 5.19. The summed E-state index contributed by atoms with van der Waals surface area (Å²) in [4.78, 5) is 22.4. The van der Waals surface area contributed by atoms with Gasteiger partial charge in [0, 0.05) is 11.6 Å². The number of fused-ring (bicyclic) bond motifs is 1. The molecule has 4 nitrogen and oxygen atoms in total. The van der Waals surface area contributed by atoms with Gasteiger partial charge in [0.05, 0.1) is 17.2 Å². The molecule has 16 heavy (non-hydrogen) atoms. The highest BCUT2D eigenvalue weighted by atomic mass is 16.4. The molecule has 1 heterocycles. The first-order chi connectivity index (χ1) is 7.63. The number of hydrogen-bond donors (Lipinski definition) is 1. The Morgan fingerprint density at radius 3 is 2.81 bits per heavy atom. The van der Waals surface area contributed by atoms with Crippen molar-refractivity contribution in [2.45, 2.75) is 0 Å². The maximum Gasteiger partial charge on any atom is 0.335 e. The van der Waals surface area contributed by atoms with Crippen LogP contribution < -0.4 is 5.43 Å². The van der Waals surface area contributed by atoms with Crippen LogP contribution in [0.25, 0.3) is 17.0 Å². The minimum Gasteiger partial charge on any atom is -0.478 e. The molecule has 2 rings (SSSR count). The van der Waals surface area contributed by atoms with Crippen molar-refractivity contribution < 1.29 is 14.3 Å². The molecule has 1 aromatic heterocycles. The van der Waals surface area contributed by atoms with Crippen molar-refractivity contribution >= 4 is 23.0 Å². The zero-order valence-electron chi connectivity index (χ0n) is 8.27. The van der Waals surface area contributed by atoms with E-state index in [4.69, 9.17) is 9.52 Å². The third kappa shape index (κ3) is 1.50. The lowest BCUT2D eigenvalue weighted by atomic mass is 10.1. The topological polar surface area (TPSA) is 67.5 Å². The highest BCUT2D eigenvalue weighted by molar-refractivity contribution is 5.96. The fourth-order valence-electron chi connectivity index (χ4n) is 1.49. The molecule has 1 aromatic carbocycles. The van der Waals surface area contributed by atoms with Crippen molar-refractivity contribution in [3.63, 3.8) is 0 Å². The first-order valence-corrected chi connectivity index (χ1v) is 4.55. The number of carboxylic acids is 1. The summed E-state index contributed by atoms with van der Waals surface area (Å²) >= 11 is 0. The Labute approximate surface area is 90.4 Å². The average molecular weight is 216 g/mol. The molecule has 0 aliphatic heterocycles. The van der Waals surface area contributed by atoms with Crippen LogP contribution in [-0.4, -0.2) is 11.1 Å². The standard InChI is InChI=1S/C12H8O4/c1-2-7-5-8(12(14)15)6-9-10(13)3-4-16-11(7)9/h2-6H,1H2,(H,14,15). The van der Waals surface area contributed by atoms with Crippen LogP contribution in [0.3, 0.4) is 0 Å². The normalized spacial score (nSPS) is 10.2. The van der Waals surface area contributed by atoms with E-state index in [-0.39, 0.29) is 16.4 Å². The molecule has 0 radical (unpaired) electrons. The molecule has 4 heteroatoms. The van der Waals surface area contributed by atoms with Crippen molar-refractivity contribution in [3.05, 3.63) is 52.4 Å². The highest BCUT2D eigenvalue weighted by Crippen LogP contribution is 2.19. The second-order valence-electron chi connectivity index (χ2n) is 3.24. The monoisotopic (exact) mass is 216 g/mol. The van der Waals surface area contributed by atoms with Gasteiger partial charge in [0.1, 0.15) is 5.58 Å². The number of hydrogen-bond acceptors (Lipinski definition) is 3. The SMILES string of the molecule is C=Cc1cc(C(=O)O)cc2c(=O)ccoc12. The third-order valence-corrected chi connectivity index (χ3v) is 2.26. The van der Waals surface area contributed by atoms with E-state index in [1.54, 1.807) is 0 Å². The summed E-state index contributed by atoms with van der Waals surface area (Å²) in [6, 6.07) is 3.97. The molecule has 0 fully saturated rings. The molecule has 0 amide bonds. The van der Waals surface area contributed by atoms with Gasteiger partial charge < -0.3 is 9.52 Å². The van der Waals surface area contributed by atoms with Crippen LogP contribution in [0, 0.1) is 0 Å². The van der Waals surface area contributed by atoms with Crippen molar-refractivity contribution in [3.8, 4) is 0 Å². The van der Waals surface area contributed by atoms with Crippen molar-refractivity contribution in [2.75, 3.05) is 0 Å². The van der Waals surface area contributed by atoms with Gasteiger partial charge in [-0.25, -0.2) is 4.79 Å². The van der Waals surface area contributed by atoms with E-state index in [1.165, 1.54) is 30.5 Å². The maximum atomic E-state index is 11.5. The van der Waals surface area contributed by atoms with Crippen LogP contribution in [-0.2, 0) is 0 Å². The summed E-state index contributed by atoms with van der Waals surface area (Å²) in [5.41, 5.74) is 0.619. The van der Waals surface area contributed by atoms with Gasteiger partial charge in [-0.3, -0.25) is 4.79 Å². The van der Waals surface area contributed by atoms with Crippen LogP contribution in [0.15, 0.2) is 40.3 Å². The van der Waals surface area contributed by atoms with Gasteiger partial charge in [0.25, 0.3) is 0 Å². The third-order valence-electron chi connectivity index (χ3n) is 2.26. The first kappa shape index (κ1) is 10.2. The molecule has 0 saturated heterocycles. The second kappa shape index (κ2) is 3.66. The summed E-state index contributed by atoms with van der Waals surface area (Å²) in [6.07, 6.45) is 2.73. The molecule has 0 atom stereocenters. The van der Waals surface area contributed by atoms with Gasteiger partial charge in [-0.05, 0) is 12.1 Å². The lowest BCUT2D eigenvalue weighted by molar-refractivity contribution is 0.0697. The number of rotatable bonds is 2. The van der Waals surface area contributed by atoms with Crippen molar-refractivity contribution in [1.29, 1.82) is 0 Å². The largest absolute Gasteiger partial charge is 0.478 e. The van der Waals surface area contributed by atoms with Crippen LogP contribution in [0.2, 0.25) is 0 Å². The molecule has 0 unspecified atom stereocenters. The fraction of sp³-hybridized carbons (Fsp3) is 0. The number of carbonyl (C=O) groups is 1. The number of benzene rings is 1. The lowest BCUT2D eigenvalue weighted by Crippen LogP contribution is -2.03. The average Bonchev–Trinajstić information content (AvgIpc) is 2.28. The fourth-order valence-corrected chi connectivity index (χ4v) is 1.49. The van der Waals surface area contributed by atoms with Gasteiger partial charge in [-0.1, -0.05) is 12.7 Å². The van der Waals surface area contributed by atoms with E-state index in [2.05, 4.69) is 6.58 Å². The summed E-state index contributed by atoms with van der Waals surface area (Å²) in [7, 11) is 0. The molecule has 1 N–H and O–H groups in total. The molecule has 0 spiro atoms. The van der Waals surface area contributed by atoms with Gasteiger partial charge >= 0.3 is 5.97 Å². The molecule has 0 saturated carbocycles. The zero-order valence-corrected chi connectivity index (χ0v) is 8.27. The molecular weight excluding hydrogens is 208 g/mol. The van der Waals surface area contributed by atoms with E-state index in [1.807, 2.05) is 0 Å². The van der Waals surface area contributed by atoms with E-state index in [9.17, 15) is 9.59 Å². The Kier molecular flexibility index (Phi) is 2.32. The van der Waals surface area contributed by atoms with Crippen LogP contribution in [0.1, 0.15) is 15.9 Å². The van der Waals surface area contributed by atoms with Crippen molar-refractivity contribution in [1.82, 2.24) is 0 Å². The molecular formula is C12H8O4. The number of carboxylic acid groups (broad SMARTS) is 1. The minimum absolute atomic E-state index is 0.0425. The van der Waals surface area contributed by atoms with Crippen molar-refractivity contribution in [2.24, 2.45) is 0 Å². The van der Waals surface area contributed by atoms with E-state index >= 15 is 0 Å². The minimum atomic E-state index is -1.09. The maximum absolute atomic E-state index is 11.5. The summed E-state index contributed by atoms with van der Waals surface area (Å²) in [5.74, 6) is -1.09. The molecule has 2 aromatic rings. The Morgan fingerprint density at radius 1 is 1.44 bits per heavy atom.